The van der Waals surface area contributed by atoms with Gasteiger partial charge in [0, 0.05) is 23.3 Å². The Morgan fingerprint density at radius 1 is 1.03 bits per heavy atom. The number of methoxy groups -OCH3 is 3. The van der Waals surface area contributed by atoms with Gasteiger partial charge in [-0.15, -0.1) is 0 Å². The third-order valence-electron chi connectivity index (χ3n) is 4.27. The first-order valence-electron chi connectivity index (χ1n) is 8.95. The quantitative estimate of drug-likeness (QED) is 0.332. The molecule has 0 unspecified atom stereocenters. The Morgan fingerprint density at radius 3 is 2.23 bits per heavy atom. The van der Waals surface area contributed by atoms with Gasteiger partial charge in [-0.3, -0.25) is 14.9 Å². The smallest absolute Gasteiger partial charge is 0.271 e. The number of carbonyl (C=O) groups excluding carboxylic acids is 1. The summed E-state index contributed by atoms with van der Waals surface area (Å²) in [6.07, 6.45) is 1.34. The highest BCUT2D eigenvalue weighted by atomic mass is 16.6. The van der Waals surface area contributed by atoms with E-state index >= 15 is 0 Å². The lowest BCUT2D eigenvalue weighted by Crippen LogP contribution is -2.18. The average molecular weight is 425 g/mol. The number of rotatable bonds is 8. The Labute approximate surface area is 177 Å². The molecule has 1 amide bonds. The molecule has 3 rings (SSSR count). The van der Waals surface area contributed by atoms with Gasteiger partial charge >= 0.3 is 0 Å². The number of hydrogen-bond donors (Lipinski definition) is 1. The summed E-state index contributed by atoms with van der Waals surface area (Å²) in [5.74, 6) is 1.47. The molecule has 0 saturated carbocycles. The van der Waals surface area contributed by atoms with E-state index in [1.165, 1.54) is 51.8 Å². The molecular formula is C21H19N3O7. The predicted octanol–water partition coefficient (Wildman–Crippen LogP) is 3.64. The molecular weight excluding hydrogens is 406 g/mol. The van der Waals surface area contributed by atoms with Gasteiger partial charge in [-0.05, 0) is 36.4 Å². The van der Waals surface area contributed by atoms with E-state index in [1.54, 1.807) is 24.3 Å². The second-order valence-corrected chi connectivity index (χ2v) is 6.12. The molecule has 10 nitrogen and oxygen atoms in total. The fourth-order valence-electron chi connectivity index (χ4n) is 2.76. The molecule has 160 valence electrons. The van der Waals surface area contributed by atoms with Crippen LogP contribution in [0.25, 0.3) is 11.3 Å². The Kier molecular flexibility index (Phi) is 6.51. The van der Waals surface area contributed by atoms with Crippen molar-refractivity contribution in [3.05, 3.63) is 70.0 Å². The molecule has 0 saturated heterocycles. The average Bonchev–Trinajstić information content (AvgIpc) is 3.26. The maximum Gasteiger partial charge on any atom is 0.271 e. The van der Waals surface area contributed by atoms with Crippen molar-refractivity contribution in [3.63, 3.8) is 0 Å². The summed E-state index contributed by atoms with van der Waals surface area (Å²) in [5.41, 5.74) is 3.33. The van der Waals surface area contributed by atoms with Gasteiger partial charge in [0.15, 0.2) is 11.5 Å². The molecule has 1 aromatic heterocycles. The molecule has 3 aromatic rings. The zero-order chi connectivity index (χ0) is 22.4. The Morgan fingerprint density at radius 2 is 1.68 bits per heavy atom. The van der Waals surface area contributed by atoms with Crippen molar-refractivity contribution in [2.24, 2.45) is 5.10 Å². The van der Waals surface area contributed by atoms with Gasteiger partial charge in [-0.2, -0.15) is 5.10 Å². The first-order valence-corrected chi connectivity index (χ1v) is 8.95. The van der Waals surface area contributed by atoms with E-state index in [-0.39, 0.29) is 11.3 Å². The SMILES string of the molecule is COc1cc(C(=O)N/N=C\c2ccc(-c3ccc([N+](=O)[O-])cc3)o2)cc(OC)c1OC. The van der Waals surface area contributed by atoms with Gasteiger partial charge in [0.25, 0.3) is 11.6 Å². The van der Waals surface area contributed by atoms with E-state index in [0.717, 1.165) is 0 Å². The van der Waals surface area contributed by atoms with Crippen LogP contribution < -0.4 is 19.6 Å². The summed E-state index contributed by atoms with van der Waals surface area (Å²) >= 11 is 0. The standard InChI is InChI=1S/C21H19N3O7/c1-28-18-10-14(11-19(29-2)20(18)30-3)21(25)23-22-12-16-8-9-17(31-16)13-4-6-15(7-5-13)24(26)27/h4-12H,1-3H3,(H,23,25)/b22-12-. The predicted molar refractivity (Wildman–Crippen MR) is 112 cm³/mol. The number of non-ortho nitro benzene ring substituents is 1. The van der Waals surface area contributed by atoms with Gasteiger partial charge in [0.05, 0.1) is 32.5 Å². The fraction of sp³-hybridized carbons (Fsp3) is 0.143. The van der Waals surface area contributed by atoms with Crippen molar-refractivity contribution in [2.45, 2.75) is 0 Å². The second-order valence-electron chi connectivity index (χ2n) is 6.12. The summed E-state index contributed by atoms with van der Waals surface area (Å²) in [7, 11) is 4.38. The molecule has 0 fully saturated rings. The van der Waals surface area contributed by atoms with Crippen molar-refractivity contribution in [1.82, 2.24) is 5.43 Å². The summed E-state index contributed by atoms with van der Waals surface area (Å²) in [5, 5.41) is 14.6. The molecule has 0 atom stereocenters. The van der Waals surface area contributed by atoms with Crippen LogP contribution in [0, 0.1) is 10.1 Å². The van der Waals surface area contributed by atoms with Crippen LogP contribution in [0.15, 0.2) is 58.0 Å². The fourth-order valence-corrected chi connectivity index (χ4v) is 2.76. The van der Waals surface area contributed by atoms with Crippen molar-refractivity contribution in [3.8, 4) is 28.6 Å². The highest BCUT2D eigenvalue weighted by molar-refractivity contribution is 5.96. The zero-order valence-corrected chi connectivity index (χ0v) is 16.9. The van der Waals surface area contributed by atoms with Crippen LogP contribution in [-0.4, -0.2) is 38.4 Å². The zero-order valence-electron chi connectivity index (χ0n) is 16.9. The van der Waals surface area contributed by atoms with Crippen LogP contribution in [0.4, 0.5) is 5.69 Å². The highest BCUT2D eigenvalue weighted by Crippen LogP contribution is 2.38. The highest BCUT2D eigenvalue weighted by Gasteiger charge is 2.16. The number of nitrogens with zero attached hydrogens (tertiary/aromatic N) is 2. The second kappa shape index (κ2) is 9.44. The first-order chi connectivity index (χ1) is 15.0. The minimum Gasteiger partial charge on any atom is -0.493 e. The van der Waals surface area contributed by atoms with Crippen molar-refractivity contribution >= 4 is 17.8 Å². The Bertz CT molecular complexity index is 1100. The number of nitro benzene ring substituents is 1. The van der Waals surface area contributed by atoms with E-state index in [9.17, 15) is 14.9 Å². The molecule has 10 heteroatoms. The number of nitrogens with one attached hydrogen (secondary N) is 1. The van der Waals surface area contributed by atoms with Crippen molar-refractivity contribution < 1.29 is 28.3 Å². The summed E-state index contributed by atoms with van der Waals surface area (Å²) < 4.78 is 21.3. The normalized spacial score (nSPS) is 10.7. The van der Waals surface area contributed by atoms with E-state index in [4.69, 9.17) is 18.6 Å². The van der Waals surface area contributed by atoms with Gasteiger partial charge in [0.1, 0.15) is 11.5 Å². The number of hydrogen-bond acceptors (Lipinski definition) is 8. The first kappa shape index (κ1) is 21.4. The molecule has 0 bridgehead atoms. The number of nitro groups is 1. The van der Waals surface area contributed by atoms with Crippen LogP contribution >= 0.6 is 0 Å². The maximum atomic E-state index is 12.4. The van der Waals surface area contributed by atoms with E-state index in [1.807, 2.05) is 0 Å². The van der Waals surface area contributed by atoms with Crippen molar-refractivity contribution in [2.75, 3.05) is 21.3 Å². The number of benzene rings is 2. The molecule has 0 aliphatic rings. The number of hydrazone groups is 1. The topological polar surface area (TPSA) is 125 Å². The molecule has 0 aliphatic heterocycles. The van der Waals surface area contributed by atoms with E-state index in [0.29, 0.717) is 34.3 Å². The van der Waals surface area contributed by atoms with Crippen LogP contribution in [0.5, 0.6) is 17.2 Å². The Hall–Kier alpha value is -4.34. The summed E-state index contributed by atoms with van der Waals surface area (Å²) in [6.45, 7) is 0. The molecule has 0 radical (unpaired) electrons. The maximum absolute atomic E-state index is 12.4. The number of amides is 1. The third kappa shape index (κ3) is 4.81. The lowest BCUT2D eigenvalue weighted by molar-refractivity contribution is -0.384. The Balaban J connectivity index is 1.70. The molecule has 0 aliphatic carbocycles. The molecule has 1 heterocycles. The van der Waals surface area contributed by atoms with Gasteiger partial charge < -0.3 is 18.6 Å². The molecule has 31 heavy (non-hydrogen) atoms. The van der Waals surface area contributed by atoms with Gasteiger partial charge in [0.2, 0.25) is 5.75 Å². The minimum atomic E-state index is -0.488. The third-order valence-corrected chi connectivity index (χ3v) is 4.27. The van der Waals surface area contributed by atoms with Gasteiger partial charge in [-0.1, -0.05) is 0 Å². The molecule has 0 spiro atoms. The van der Waals surface area contributed by atoms with Crippen molar-refractivity contribution in [1.29, 1.82) is 0 Å². The van der Waals surface area contributed by atoms with Gasteiger partial charge in [-0.25, -0.2) is 5.43 Å². The number of furan rings is 1. The summed E-state index contributed by atoms with van der Waals surface area (Å²) in [6, 6.07) is 12.3. The minimum absolute atomic E-state index is 0.00778. The lowest BCUT2D eigenvalue weighted by Gasteiger charge is -2.13. The van der Waals surface area contributed by atoms with Crippen LogP contribution in [0.2, 0.25) is 0 Å². The largest absolute Gasteiger partial charge is 0.493 e. The van der Waals surface area contributed by atoms with E-state index in [2.05, 4.69) is 10.5 Å². The van der Waals surface area contributed by atoms with Crippen LogP contribution in [0.3, 0.4) is 0 Å². The van der Waals surface area contributed by atoms with Crippen LogP contribution in [-0.2, 0) is 0 Å². The lowest BCUT2D eigenvalue weighted by atomic mass is 10.1. The number of carbonyl (C=O) groups is 1. The molecule has 2 aromatic carbocycles. The number of ether oxygens (including phenoxy) is 3. The van der Waals surface area contributed by atoms with E-state index < -0.39 is 10.8 Å². The summed E-state index contributed by atoms with van der Waals surface area (Å²) in [4.78, 5) is 22.7. The monoisotopic (exact) mass is 425 g/mol. The molecule has 1 N–H and O–H groups in total. The van der Waals surface area contributed by atoms with Crippen LogP contribution in [0.1, 0.15) is 16.1 Å².